The van der Waals surface area contributed by atoms with Crippen molar-refractivity contribution in [1.82, 2.24) is 4.90 Å². The lowest BCUT2D eigenvalue weighted by Gasteiger charge is -2.23. The molecule has 4 rings (SSSR count). The zero-order valence-corrected chi connectivity index (χ0v) is 19.8. The molecule has 4 nitrogen and oxygen atoms in total. The predicted molar refractivity (Wildman–Crippen MR) is 136 cm³/mol. The van der Waals surface area contributed by atoms with Crippen molar-refractivity contribution >= 4 is 5.97 Å². The van der Waals surface area contributed by atoms with Crippen LogP contribution in [0.4, 0.5) is 0 Å². The number of esters is 1. The number of allylic oxidation sites excluding steroid dienone is 4. The number of ether oxygens (including phenoxy) is 2. The van der Waals surface area contributed by atoms with Gasteiger partial charge in [0, 0.05) is 25.6 Å². The lowest BCUT2D eigenvalue weighted by molar-refractivity contribution is -0.144. The lowest BCUT2D eigenvalue weighted by atomic mass is 10.1. The summed E-state index contributed by atoms with van der Waals surface area (Å²) in [5.74, 6) is 2.26. The molecule has 1 saturated carbocycles. The van der Waals surface area contributed by atoms with Crippen molar-refractivity contribution in [3.8, 4) is 5.75 Å². The minimum absolute atomic E-state index is 0.136. The summed E-state index contributed by atoms with van der Waals surface area (Å²) < 4.78 is 11.5. The molecule has 175 valence electrons. The van der Waals surface area contributed by atoms with Crippen LogP contribution in [0.25, 0.3) is 0 Å². The van der Waals surface area contributed by atoms with Gasteiger partial charge >= 0.3 is 5.97 Å². The molecule has 0 bridgehead atoms. The van der Waals surface area contributed by atoms with Gasteiger partial charge in [0.1, 0.15) is 11.5 Å². The van der Waals surface area contributed by atoms with E-state index < -0.39 is 0 Å². The number of rotatable bonds is 13. The summed E-state index contributed by atoms with van der Waals surface area (Å²) in [5.41, 5.74) is 4.99. The molecule has 2 aromatic carbocycles. The van der Waals surface area contributed by atoms with Gasteiger partial charge in [0.15, 0.2) is 0 Å². The average molecular weight is 455 g/mol. The minimum atomic E-state index is -0.136. The molecule has 2 aromatic rings. The van der Waals surface area contributed by atoms with E-state index in [1.807, 2.05) is 18.2 Å². The third kappa shape index (κ3) is 6.36. The maximum Gasteiger partial charge on any atom is 0.307 e. The van der Waals surface area contributed by atoms with Crippen molar-refractivity contribution in [2.24, 2.45) is 11.8 Å². The van der Waals surface area contributed by atoms with Crippen molar-refractivity contribution in [2.45, 2.75) is 26.4 Å². The zero-order valence-electron chi connectivity index (χ0n) is 19.8. The van der Waals surface area contributed by atoms with Crippen LogP contribution in [0, 0.1) is 25.2 Å². The Morgan fingerprint density at radius 3 is 2.47 bits per heavy atom. The highest BCUT2D eigenvalue weighted by molar-refractivity contribution is 5.69. The van der Waals surface area contributed by atoms with Gasteiger partial charge in [-0.1, -0.05) is 72.8 Å². The third-order valence-corrected chi connectivity index (χ3v) is 6.20. The summed E-state index contributed by atoms with van der Waals surface area (Å²) in [6.07, 6.45) is 9.79. The van der Waals surface area contributed by atoms with E-state index in [2.05, 4.69) is 67.8 Å². The summed E-state index contributed by atoms with van der Waals surface area (Å²) in [5, 5.41) is 0. The summed E-state index contributed by atoms with van der Waals surface area (Å²) in [4.78, 5) is 14.7. The van der Waals surface area contributed by atoms with Crippen LogP contribution in [0.15, 0.2) is 97.3 Å². The molecule has 2 aliphatic rings. The van der Waals surface area contributed by atoms with E-state index in [9.17, 15) is 4.79 Å². The van der Waals surface area contributed by atoms with Crippen LogP contribution in [0.1, 0.15) is 23.1 Å². The Kier molecular flexibility index (Phi) is 7.81. The van der Waals surface area contributed by atoms with Gasteiger partial charge in [-0.15, -0.1) is 0 Å². The van der Waals surface area contributed by atoms with Crippen molar-refractivity contribution < 1.29 is 14.3 Å². The van der Waals surface area contributed by atoms with Crippen LogP contribution in [-0.4, -0.2) is 24.0 Å². The van der Waals surface area contributed by atoms with E-state index >= 15 is 0 Å². The molecule has 0 N–H and O–H groups in total. The van der Waals surface area contributed by atoms with E-state index in [4.69, 9.17) is 9.47 Å². The molecule has 4 heteroatoms. The number of benzene rings is 2. The highest BCUT2D eigenvalue weighted by Gasteiger charge is 2.49. The standard InChI is InChI=1S/C30H32NO3/c1-4-8-25(5-2)34-26-12-7-11-24(18-26)20-31(19-23-10-6-9-22(3)17-23)16-15-30(32)33-21-29-27-13-14-28(27)29/h4-14,17-18,27,29H,1-2,15-16,19-21H2,3H3/b25-8+/t27-,29?/m0/s1. The monoisotopic (exact) mass is 454 g/mol. The smallest absolute Gasteiger partial charge is 0.307 e. The van der Waals surface area contributed by atoms with Crippen molar-refractivity contribution in [1.29, 1.82) is 0 Å². The number of carbonyl (C=O) groups is 1. The molecule has 2 atom stereocenters. The normalized spacial score (nSPS) is 18.4. The first kappa shape index (κ1) is 23.8. The van der Waals surface area contributed by atoms with Gasteiger partial charge in [0.05, 0.1) is 13.0 Å². The highest BCUT2D eigenvalue weighted by atomic mass is 16.5. The van der Waals surface area contributed by atoms with Crippen LogP contribution in [0.2, 0.25) is 0 Å². The Balaban J connectivity index is 1.38. The van der Waals surface area contributed by atoms with Gasteiger partial charge in [-0.2, -0.15) is 0 Å². The van der Waals surface area contributed by atoms with E-state index in [0.717, 1.165) is 17.9 Å². The van der Waals surface area contributed by atoms with Crippen LogP contribution >= 0.6 is 0 Å². The lowest BCUT2D eigenvalue weighted by Crippen LogP contribution is -2.26. The second kappa shape index (κ2) is 11.2. The number of aryl methyl sites for hydroxylation is 1. The SMILES string of the molecule is C=C/C=C(\C=C)Oc1cccc(CN(CCC(=O)OCC2C3=C[CH][C@@H]32)Cc2cccc(C)c2)c1. The second-order valence-electron chi connectivity index (χ2n) is 8.88. The van der Waals surface area contributed by atoms with Crippen molar-refractivity contribution in [3.05, 3.63) is 120 Å². The number of hydrogen-bond donors (Lipinski definition) is 0. The molecule has 0 amide bonds. The topological polar surface area (TPSA) is 38.8 Å². The summed E-state index contributed by atoms with van der Waals surface area (Å²) in [6.45, 7) is 12.2. The van der Waals surface area contributed by atoms with Crippen LogP contribution < -0.4 is 4.74 Å². The molecule has 1 fully saturated rings. The van der Waals surface area contributed by atoms with Gasteiger partial charge in [-0.3, -0.25) is 9.69 Å². The van der Waals surface area contributed by atoms with Crippen molar-refractivity contribution in [2.75, 3.05) is 13.2 Å². The first-order valence-electron chi connectivity index (χ1n) is 11.8. The fraction of sp³-hybridized carbons (Fsp3) is 0.267. The van der Waals surface area contributed by atoms with Gasteiger partial charge in [-0.05, 0) is 54.7 Å². The second-order valence-corrected chi connectivity index (χ2v) is 8.88. The van der Waals surface area contributed by atoms with Crippen molar-refractivity contribution in [3.63, 3.8) is 0 Å². The van der Waals surface area contributed by atoms with Crippen LogP contribution in [0.5, 0.6) is 5.75 Å². The molecule has 0 spiro atoms. The maximum atomic E-state index is 12.4. The fourth-order valence-electron chi connectivity index (χ4n) is 4.29. The largest absolute Gasteiger partial charge is 0.465 e. The first-order valence-corrected chi connectivity index (χ1v) is 11.8. The van der Waals surface area contributed by atoms with Gasteiger partial charge in [0.25, 0.3) is 0 Å². The predicted octanol–water partition coefficient (Wildman–Crippen LogP) is 5.96. The summed E-state index contributed by atoms with van der Waals surface area (Å²) in [6, 6.07) is 16.5. The van der Waals surface area contributed by atoms with Crippen LogP contribution in [-0.2, 0) is 22.6 Å². The molecule has 2 aliphatic carbocycles. The van der Waals surface area contributed by atoms with Gasteiger partial charge in [-0.25, -0.2) is 0 Å². The first-order chi connectivity index (χ1) is 16.6. The Morgan fingerprint density at radius 2 is 1.82 bits per heavy atom. The number of fused-ring (bicyclic) bond motifs is 1. The van der Waals surface area contributed by atoms with Crippen LogP contribution in [0.3, 0.4) is 0 Å². The van der Waals surface area contributed by atoms with Gasteiger partial charge in [0.2, 0.25) is 0 Å². The Bertz CT molecular complexity index is 1110. The summed E-state index contributed by atoms with van der Waals surface area (Å²) in [7, 11) is 0. The molecular formula is C30H32NO3. The Labute approximate surface area is 202 Å². The Morgan fingerprint density at radius 1 is 1.09 bits per heavy atom. The Hall–Kier alpha value is -3.37. The summed E-state index contributed by atoms with van der Waals surface area (Å²) >= 11 is 0. The van der Waals surface area contributed by atoms with E-state index in [1.54, 1.807) is 18.2 Å². The third-order valence-electron chi connectivity index (χ3n) is 6.20. The van der Waals surface area contributed by atoms with E-state index in [-0.39, 0.29) is 5.97 Å². The molecule has 1 radical (unpaired) electrons. The number of nitrogens with zero attached hydrogens (tertiary/aromatic N) is 1. The molecular weight excluding hydrogens is 422 g/mol. The number of hydrogen-bond acceptors (Lipinski definition) is 4. The molecule has 0 aliphatic heterocycles. The zero-order chi connectivity index (χ0) is 23.9. The highest BCUT2D eigenvalue weighted by Crippen LogP contribution is 2.55. The molecule has 1 unspecified atom stereocenters. The minimum Gasteiger partial charge on any atom is -0.465 e. The molecule has 0 heterocycles. The fourth-order valence-corrected chi connectivity index (χ4v) is 4.29. The quantitative estimate of drug-likeness (QED) is 0.213. The molecule has 0 saturated heterocycles. The number of carbonyl (C=O) groups excluding carboxylic acids is 1. The molecule has 34 heavy (non-hydrogen) atoms. The van der Waals surface area contributed by atoms with Gasteiger partial charge < -0.3 is 9.47 Å². The van der Waals surface area contributed by atoms with E-state index in [0.29, 0.717) is 43.7 Å². The van der Waals surface area contributed by atoms with E-state index in [1.165, 1.54) is 16.7 Å². The maximum absolute atomic E-state index is 12.4. The molecule has 0 aromatic heterocycles. The average Bonchev–Trinajstić information content (AvgIpc) is 3.33.